The molecule has 0 N–H and O–H groups in total. The number of aromatic nitrogens is 3. The Hall–Kier alpha value is -4.46. The highest BCUT2D eigenvalue weighted by Gasteiger charge is 2.33. The molecule has 0 saturated carbocycles. The molecule has 1 aliphatic rings. The van der Waals surface area contributed by atoms with Gasteiger partial charge in [0.1, 0.15) is 17.9 Å². The maximum atomic E-state index is 13.4. The number of rotatable bonds is 5. The number of pyridine rings is 1. The van der Waals surface area contributed by atoms with Gasteiger partial charge >= 0.3 is 5.63 Å². The second-order valence-corrected chi connectivity index (χ2v) is 9.04. The number of amides is 1. The van der Waals surface area contributed by atoms with Gasteiger partial charge in [-0.25, -0.2) is 4.79 Å². The van der Waals surface area contributed by atoms with Gasteiger partial charge in [-0.05, 0) is 67.3 Å². The molecule has 8 heteroatoms. The maximum Gasteiger partial charge on any atom is 0.336 e. The summed E-state index contributed by atoms with van der Waals surface area (Å²) in [6.07, 6.45) is 3.72. The summed E-state index contributed by atoms with van der Waals surface area (Å²) in [4.78, 5) is 26.9. The van der Waals surface area contributed by atoms with E-state index in [2.05, 4.69) is 10.2 Å². The Morgan fingerprint density at radius 2 is 1.94 bits per heavy atom. The van der Waals surface area contributed by atoms with E-state index in [0.717, 1.165) is 40.8 Å². The maximum absolute atomic E-state index is 13.4. The average molecular weight is 481 g/mol. The van der Waals surface area contributed by atoms with Crippen molar-refractivity contribution in [2.75, 3.05) is 6.54 Å². The second-order valence-electron chi connectivity index (χ2n) is 9.04. The van der Waals surface area contributed by atoms with E-state index in [9.17, 15) is 9.59 Å². The van der Waals surface area contributed by atoms with Crippen LogP contribution in [0.2, 0.25) is 0 Å². The van der Waals surface area contributed by atoms with Gasteiger partial charge in [-0.15, -0.1) is 10.2 Å². The zero-order chi connectivity index (χ0) is 24.6. The number of benzene rings is 2. The predicted molar refractivity (Wildman–Crippen MR) is 134 cm³/mol. The fourth-order valence-corrected chi connectivity index (χ4v) is 4.84. The molecule has 0 aliphatic carbocycles. The van der Waals surface area contributed by atoms with E-state index in [4.69, 9.17) is 9.15 Å². The Balaban J connectivity index is 1.16. The van der Waals surface area contributed by atoms with Crippen LogP contribution in [-0.2, 0) is 6.61 Å². The van der Waals surface area contributed by atoms with Crippen LogP contribution in [-0.4, -0.2) is 31.9 Å². The SMILES string of the molecule is Cc1cc(=O)oc2cc(OCc3ccc(C(=O)N4CCC[C@H]4c4nnc5ccccn45)cc3)ccc12. The first-order chi connectivity index (χ1) is 17.6. The quantitative estimate of drug-likeness (QED) is 0.339. The number of ether oxygens (including phenoxy) is 1. The molecular weight excluding hydrogens is 456 g/mol. The van der Waals surface area contributed by atoms with Gasteiger partial charge in [0, 0.05) is 35.8 Å². The first-order valence-corrected chi connectivity index (χ1v) is 11.9. The van der Waals surface area contributed by atoms with Crippen LogP contribution in [0.25, 0.3) is 16.6 Å². The van der Waals surface area contributed by atoms with Crippen molar-refractivity contribution in [1.29, 1.82) is 0 Å². The van der Waals surface area contributed by atoms with Crippen molar-refractivity contribution >= 4 is 22.5 Å². The molecule has 0 unspecified atom stereocenters. The highest BCUT2D eigenvalue weighted by Crippen LogP contribution is 2.32. The van der Waals surface area contributed by atoms with E-state index < -0.39 is 0 Å². The van der Waals surface area contributed by atoms with Gasteiger partial charge < -0.3 is 14.1 Å². The van der Waals surface area contributed by atoms with Gasteiger partial charge in [0.25, 0.3) is 5.91 Å². The highest BCUT2D eigenvalue weighted by molar-refractivity contribution is 5.94. The van der Waals surface area contributed by atoms with Crippen LogP contribution in [0.5, 0.6) is 5.75 Å². The minimum absolute atomic E-state index is 0.0161. The van der Waals surface area contributed by atoms with Gasteiger partial charge in [-0.3, -0.25) is 9.20 Å². The minimum atomic E-state index is -0.380. The molecule has 0 spiro atoms. The molecule has 4 heterocycles. The lowest BCUT2D eigenvalue weighted by molar-refractivity contribution is 0.0729. The largest absolute Gasteiger partial charge is 0.489 e. The molecule has 1 fully saturated rings. The summed E-state index contributed by atoms with van der Waals surface area (Å²) in [6.45, 7) is 2.89. The predicted octanol–water partition coefficient (Wildman–Crippen LogP) is 4.70. The molecule has 0 radical (unpaired) electrons. The van der Waals surface area contributed by atoms with E-state index >= 15 is 0 Å². The number of fused-ring (bicyclic) bond motifs is 2. The van der Waals surface area contributed by atoms with E-state index in [-0.39, 0.29) is 17.6 Å². The topological polar surface area (TPSA) is 89.9 Å². The molecule has 3 aromatic heterocycles. The van der Waals surface area contributed by atoms with E-state index in [1.165, 1.54) is 6.07 Å². The number of aryl methyl sites for hydroxylation is 1. The molecule has 5 aromatic rings. The van der Waals surface area contributed by atoms with Crippen LogP contribution in [0, 0.1) is 6.92 Å². The van der Waals surface area contributed by atoms with Crippen molar-refractivity contribution in [1.82, 2.24) is 19.5 Å². The molecule has 1 saturated heterocycles. The molecule has 1 amide bonds. The van der Waals surface area contributed by atoms with E-state index in [0.29, 0.717) is 30.0 Å². The summed E-state index contributed by atoms with van der Waals surface area (Å²) in [5.74, 6) is 1.39. The fourth-order valence-electron chi connectivity index (χ4n) is 4.84. The van der Waals surface area contributed by atoms with Gasteiger partial charge in [-0.2, -0.15) is 0 Å². The van der Waals surface area contributed by atoms with Crippen LogP contribution < -0.4 is 10.4 Å². The number of carbonyl (C=O) groups is 1. The Labute approximate surface area is 206 Å². The van der Waals surface area contributed by atoms with Crippen LogP contribution in [0.15, 0.2) is 82.1 Å². The molecule has 8 nitrogen and oxygen atoms in total. The Kier molecular flexibility index (Phi) is 5.48. The number of carbonyl (C=O) groups excluding carboxylic acids is 1. The van der Waals surface area contributed by atoms with E-state index in [1.54, 1.807) is 6.07 Å². The summed E-state index contributed by atoms with van der Waals surface area (Å²) in [5, 5.41) is 9.51. The smallest absolute Gasteiger partial charge is 0.336 e. The zero-order valence-corrected chi connectivity index (χ0v) is 19.8. The van der Waals surface area contributed by atoms with Crippen molar-refractivity contribution in [3.05, 3.63) is 106 Å². The summed E-state index contributed by atoms with van der Waals surface area (Å²) in [6, 6.07) is 20.1. The van der Waals surface area contributed by atoms with Crippen LogP contribution in [0.4, 0.5) is 0 Å². The Morgan fingerprint density at radius 3 is 2.81 bits per heavy atom. The van der Waals surface area contributed by atoms with Gasteiger partial charge in [0.15, 0.2) is 11.5 Å². The third-order valence-electron chi connectivity index (χ3n) is 6.68. The first-order valence-electron chi connectivity index (χ1n) is 11.9. The lowest BCUT2D eigenvalue weighted by atomic mass is 10.1. The van der Waals surface area contributed by atoms with Crippen LogP contribution in [0.1, 0.15) is 46.2 Å². The molecule has 0 bridgehead atoms. The van der Waals surface area contributed by atoms with E-state index in [1.807, 2.05) is 77.0 Å². The van der Waals surface area contributed by atoms with Crippen molar-refractivity contribution in [2.24, 2.45) is 0 Å². The van der Waals surface area contributed by atoms with Crippen LogP contribution in [0.3, 0.4) is 0 Å². The molecule has 1 atom stereocenters. The van der Waals surface area contributed by atoms with Crippen molar-refractivity contribution in [2.45, 2.75) is 32.4 Å². The van der Waals surface area contributed by atoms with Crippen molar-refractivity contribution < 1.29 is 13.9 Å². The standard InChI is InChI=1S/C28H24N4O4/c1-18-15-26(33)36-24-16-21(11-12-22(18)24)35-17-19-7-9-20(10-8-19)28(34)31-14-4-5-23(31)27-30-29-25-6-2-3-13-32(25)27/h2-3,6-13,15-16,23H,4-5,14,17H2,1H3/t23-/m0/s1. The third kappa shape index (κ3) is 4.00. The Bertz CT molecular complexity index is 1640. The van der Waals surface area contributed by atoms with Crippen molar-refractivity contribution in [3.8, 4) is 5.75 Å². The number of hydrogen-bond acceptors (Lipinski definition) is 6. The van der Waals surface area contributed by atoms with Crippen molar-refractivity contribution in [3.63, 3.8) is 0 Å². The molecule has 180 valence electrons. The number of likely N-dealkylation sites (tertiary alicyclic amines) is 1. The summed E-state index contributed by atoms with van der Waals surface area (Å²) >= 11 is 0. The molecular formula is C28H24N4O4. The lowest BCUT2D eigenvalue weighted by Gasteiger charge is -2.23. The normalized spacial score (nSPS) is 15.6. The summed E-state index contributed by atoms with van der Waals surface area (Å²) in [5.41, 5.74) is 3.32. The van der Waals surface area contributed by atoms with Gasteiger partial charge in [-0.1, -0.05) is 18.2 Å². The number of hydrogen-bond donors (Lipinski definition) is 0. The lowest BCUT2D eigenvalue weighted by Crippen LogP contribution is -2.31. The Morgan fingerprint density at radius 1 is 1.08 bits per heavy atom. The monoisotopic (exact) mass is 480 g/mol. The van der Waals surface area contributed by atoms with Gasteiger partial charge in [0.05, 0.1) is 6.04 Å². The summed E-state index contributed by atoms with van der Waals surface area (Å²) < 4.78 is 13.2. The van der Waals surface area contributed by atoms with Crippen LogP contribution >= 0.6 is 0 Å². The molecule has 36 heavy (non-hydrogen) atoms. The third-order valence-corrected chi connectivity index (χ3v) is 6.68. The fraction of sp³-hybridized carbons (Fsp3) is 0.214. The molecule has 2 aromatic carbocycles. The summed E-state index contributed by atoms with van der Waals surface area (Å²) in [7, 11) is 0. The minimum Gasteiger partial charge on any atom is -0.489 e. The first kappa shape index (κ1) is 22.0. The second kappa shape index (κ2) is 8.96. The molecule has 6 rings (SSSR count). The van der Waals surface area contributed by atoms with Gasteiger partial charge in [0.2, 0.25) is 0 Å². The zero-order valence-electron chi connectivity index (χ0n) is 19.8. The molecule has 1 aliphatic heterocycles. The number of nitrogens with zero attached hydrogens (tertiary/aromatic N) is 4. The highest BCUT2D eigenvalue weighted by atomic mass is 16.5. The average Bonchev–Trinajstić information content (AvgIpc) is 3.54.